The molecule has 0 saturated heterocycles. The molecule has 2 N–H and O–H groups in total. The molecule has 0 fully saturated rings. The highest BCUT2D eigenvalue weighted by Gasteiger charge is 2.46. The quantitative estimate of drug-likeness (QED) is 0.687. The van der Waals surface area contributed by atoms with Crippen molar-refractivity contribution in [3.63, 3.8) is 0 Å². The number of hydrogen-bond acceptors (Lipinski definition) is 2. The molecule has 0 rings (SSSR count). The summed E-state index contributed by atoms with van der Waals surface area (Å²) >= 11 is 0. The Morgan fingerprint density at radius 3 is 1.12 bits per heavy atom. The first-order valence-corrected chi connectivity index (χ1v) is 6.31. The minimum Gasteiger partial charge on any atom is -0.481 e. The van der Waals surface area contributed by atoms with Crippen LogP contribution in [0.1, 0.15) is 59.8 Å². The summed E-state index contributed by atoms with van der Waals surface area (Å²) in [5.74, 6) is -1.76. The van der Waals surface area contributed by atoms with Gasteiger partial charge in [-0.1, -0.05) is 27.7 Å². The number of carboxylic acids is 2. The van der Waals surface area contributed by atoms with E-state index in [1.54, 1.807) is 0 Å². The van der Waals surface area contributed by atoms with Crippen molar-refractivity contribution in [2.24, 2.45) is 10.8 Å². The van der Waals surface area contributed by atoms with Crippen molar-refractivity contribution in [3.8, 4) is 0 Å². The fourth-order valence-electron chi connectivity index (χ4n) is 2.40. The zero-order valence-corrected chi connectivity index (χ0v) is 11.2. The Hall–Kier alpha value is -1.06. The lowest BCUT2D eigenvalue weighted by molar-refractivity contribution is -0.159. The summed E-state index contributed by atoms with van der Waals surface area (Å²) in [6.45, 7) is 7.26. The van der Waals surface area contributed by atoms with Crippen molar-refractivity contribution in [1.82, 2.24) is 0 Å². The molecule has 100 valence electrons. The van der Waals surface area contributed by atoms with Crippen molar-refractivity contribution in [3.05, 3.63) is 0 Å². The van der Waals surface area contributed by atoms with E-state index in [9.17, 15) is 19.8 Å². The van der Waals surface area contributed by atoms with Crippen LogP contribution < -0.4 is 0 Å². The highest BCUT2D eigenvalue weighted by Crippen LogP contribution is 2.44. The van der Waals surface area contributed by atoms with Gasteiger partial charge in [0, 0.05) is 0 Å². The van der Waals surface area contributed by atoms with Crippen molar-refractivity contribution in [1.29, 1.82) is 0 Å². The van der Waals surface area contributed by atoms with Crippen LogP contribution >= 0.6 is 0 Å². The van der Waals surface area contributed by atoms with Gasteiger partial charge in [0.05, 0.1) is 10.8 Å². The van der Waals surface area contributed by atoms with E-state index < -0.39 is 22.8 Å². The van der Waals surface area contributed by atoms with E-state index in [0.717, 1.165) is 0 Å². The van der Waals surface area contributed by atoms with E-state index in [1.807, 2.05) is 27.7 Å². The molecule has 0 aromatic rings. The second kappa shape index (κ2) is 6.03. The molecule has 0 aliphatic carbocycles. The predicted octanol–water partition coefficient (Wildman–Crippen LogP) is 3.16. The van der Waals surface area contributed by atoms with Crippen molar-refractivity contribution in [2.45, 2.75) is 59.8 Å². The highest BCUT2D eigenvalue weighted by molar-refractivity contribution is 5.79. The average Bonchev–Trinajstić information content (AvgIpc) is 2.31. The Balaban J connectivity index is 5.33. The van der Waals surface area contributed by atoms with Crippen molar-refractivity contribution < 1.29 is 19.8 Å². The van der Waals surface area contributed by atoms with Crippen LogP contribution in [0, 0.1) is 10.8 Å². The molecule has 0 radical (unpaired) electrons. The maximum atomic E-state index is 11.4. The maximum absolute atomic E-state index is 11.4. The van der Waals surface area contributed by atoms with E-state index in [-0.39, 0.29) is 6.42 Å². The molecular formula is C13H24O4. The monoisotopic (exact) mass is 244 g/mol. The van der Waals surface area contributed by atoms with Crippen LogP contribution in [-0.2, 0) is 9.59 Å². The summed E-state index contributed by atoms with van der Waals surface area (Å²) in [6.07, 6.45) is 2.08. The van der Waals surface area contributed by atoms with Crippen LogP contribution in [0.4, 0.5) is 0 Å². The molecule has 0 spiro atoms. The summed E-state index contributed by atoms with van der Waals surface area (Å²) in [7, 11) is 0. The molecule has 0 aromatic heterocycles. The molecule has 0 aliphatic heterocycles. The lowest BCUT2D eigenvalue weighted by Gasteiger charge is -2.36. The summed E-state index contributed by atoms with van der Waals surface area (Å²) in [5.41, 5.74) is -1.82. The van der Waals surface area contributed by atoms with Gasteiger partial charge in [-0.05, 0) is 32.1 Å². The summed E-state index contributed by atoms with van der Waals surface area (Å²) in [4.78, 5) is 22.8. The fraction of sp³-hybridized carbons (Fsp3) is 0.846. The Bertz CT molecular complexity index is 247. The third-order valence-electron chi connectivity index (χ3n) is 4.29. The predicted molar refractivity (Wildman–Crippen MR) is 65.9 cm³/mol. The lowest BCUT2D eigenvalue weighted by Crippen LogP contribution is -2.41. The minimum absolute atomic E-state index is 0.213. The number of aliphatic carboxylic acids is 2. The second-order valence-electron chi connectivity index (χ2n) is 4.76. The molecule has 0 unspecified atom stereocenters. The molecule has 4 heteroatoms. The summed E-state index contributed by atoms with van der Waals surface area (Å²) in [6, 6.07) is 0. The third kappa shape index (κ3) is 2.99. The van der Waals surface area contributed by atoms with E-state index in [2.05, 4.69) is 0 Å². The Morgan fingerprint density at radius 2 is 1.00 bits per heavy atom. The average molecular weight is 244 g/mol. The largest absolute Gasteiger partial charge is 0.481 e. The molecule has 4 nitrogen and oxygen atoms in total. The van der Waals surface area contributed by atoms with E-state index >= 15 is 0 Å². The van der Waals surface area contributed by atoms with Gasteiger partial charge in [-0.25, -0.2) is 0 Å². The standard InChI is InChI=1S/C13H24O4/c1-5-12(6-2,10(14)15)9-13(7-3,8-4)11(16)17/h5-9H2,1-4H3,(H,14,15)(H,16,17). The van der Waals surface area contributed by atoms with Crippen LogP contribution in [0.25, 0.3) is 0 Å². The van der Waals surface area contributed by atoms with Gasteiger partial charge in [-0.3, -0.25) is 9.59 Å². The topological polar surface area (TPSA) is 74.6 Å². The van der Waals surface area contributed by atoms with Gasteiger partial charge in [0.15, 0.2) is 0 Å². The maximum Gasteiger partial charge on any atom is 0.309 e. The molecule has 0 amide bonds. The van der Waals surface area contributed by atoms with Crippen molar-refractivity contribution >= 4 is 11.9 Å². The summed E-state index contributed by atoms with van der Waals surface area (Å²) in [5, 5.41) is 18.7. The summed E-state index contributed by atoms with van der Waals surface area (Å²) < 4.78 is 0. The van der Waals surface area contributed by atoms with E-state index in [1.165, 1.54) is 0 Å². The Morgan fingerprint density at radius 1 is 0.765 bits per heavy atom. The van der Waals surface area contributed by atoms with E-state index in [0.29, 0.717) is 25.7 Å². The molecule has 17 heavy (non-hydrogen) atoms. The highest BCUT2D eigenvalue weighted by atomic mass is 16.4. The van der Waals surface area contributed by atoms with Gasteiger partial charge >= 0.3 is 11.9 Å². The smallest absolute Gasteiger partial charge is 0.309 e. The van der Waals surface area contributed by atoms with Crippen LogP contribution in [0.15, 0.2) is 0 Å². The van der Waals surface area contributed by atoms with Gasteiger partial charge in [-0.15, -0.1) is 0 Å². The molecule has 0 aromatic carbocycles. The molecular weight excluding hydrogens is 220 g/mol. The van der Waals surface area contributed by atoms with Gasteiger partial charge in [0.1, 0.15) is 0 Å². The number of rotatable bonds is 8. The van der Waals surface area contributed by atoms with Crippen LogP contribution in [0.5, 0.6) is 0 Å². The lowest BCUT2D eigenvalue weighted by atomic mass is 9.66. The van der Waals surface area contributed by atoms with Crippen molar-refractivity contribution in [2.75, 3.05) is 0 Å². The Kier molecular flexibility index (Phi) is 5.66. The number of hydrogen-bond donors (Lipinski definition) is 2. The number of carboxylic acid groups (broad SMARTS) is 2. The first-order chi connectivity index (χ1) is 7.84. The SMILES string of the molecule is CCC(CC)(CC(CC)(CC)C(=O)O)C(=O)O. The first-order valence-electron chi connectivity index (χ1n) is 6.31. The first kappa shape index (κ1) is 15.9. The van der Waals surface area contributed by atoms with Crippen LogP contribution in [0.3, 0.4) is 0 Å². The second-order valence-corrected chi connectivity index (χ2v) is 4.76. The molecule has 0 heterocycles. The molecule has 0 saturated carbocycles. The van der Waals surface area contributed by atoms with Crippen LogP contribution in [-0.4, -0.2) is 22.2 Å². The Labute approximate surface area is 103 Å². The zero-order valence-electron chi connectivity index (χ0n) is 11.2. The van der Waals surface area contributed by atoms with E-state index in [4.69, 9.17) is 0 Å². The molecule has 0 atom stereocenters. The number of carbonyl (C=O) groups is 2. The molecule has 0 aliphatic rings. The van der Waals surface area contributed by atoms with Crippen LogP contribution in [0.2, 0.25) is 0 Å². The van der Waals surface area contributed by atoms with Gasteiger partial charge in [-0.2, -0.15) is 0 Å². The normalized spacial score (nSPS) is 12.5. The fourth-order valence-corrected chi connectivity index (χ4v) is 2.40. The zero-order chi connectivity index (χ0) is 13.7. The minimum atomic E-state index is -0.912. The molecule has 0 bridgehead atoms. The van der Waals surface area contributed by atoms with Gasteiger partial charge < -0.3 is 10.2 Å². The van der Waals surface area contributed by atoms with Gasteiger partial charge in [0.25, 0.3) is 0 Å². The third-order valence-corrected chi connectivity index (χ3v) is 4.29. The van der Waals surface area contributed by atoms with Gasteiger partial charge in [0.2, 0.25) is 0 Å².